The van der Waals surface area contributed by atoms with Crippen LogP contribution in [-0.4, -0.2) is 30.4 Å². The Bertz CT molecular complexity index is 470. The summed E-state index contributed by atoms with van der Waals surface area (Å²) >= 11 is 0. The van der Waals surface area contributed by atoms with Crippen molar-refractivity contribution in [2.24, 2.45) is 11.3 Å². The monoisotopic (exact) mass is 302 g/mol. The largest absolute Gasteiger partial charge is 0.354 e. The summed E-state index contributed by atoms with van der Waals surface area (Å²) in [4.78, 5) is 14.7. The van der Waals surface area contributed by atoms with Crippen LogP contribution >= 0.6 is 0 Å². The number of carbonyl (C=O) groups is 1. The zero-order valence-corrected chi connectivity index (χ0v) is 14.4. The highest BCUT2D eigenvalue weighted by Crippen LogP contribution is 2.26. The number of nitrogens with zero attached hydrogens (tertiary/aromatic N) is 1. The number of nitrogens with one attached hydrogen (secondary N) is 1. The van der Waals surface area contributed by atoms with Crippen LogP contribution in [0.5, 0.6) is 0 Å². The van der Waals surface area contributed by atoms with Crippen LogP contribution in [0.3, 0.4) is 0 Å². The molecule has 0 bridgehead atoms. The Kier molecular flexibility index (Phi) is 5.63. The first-order valence-electron chi connectivity index (χ1n) is 8.45. The third kappa shape index (κ3) is 4.57. The summed E-state index contributed by atoms with van der Waals surface area (Å²) in [5, 5.41) is 3.15. The predicted octanol–water partition coefficient (Wildman–Crippen LogP) is 3.62. The van der Waals surface area contributed by atoms with Crippen molar-refractivity contribution in [1.82, 2.24) is 10.2 Å². The zero-order valence-electron chi connectivity index (χ0n) is 14.4. The van der Waals surface area contributed by atoms with E-state index < -0.39 is 0 Å². The normalized spacial score (nSPS) is 18.9. The number of benzene rings is 1. The van der Waals surface area contributed by atoms with Crippen LogP contribution in [0.2, 0.25) is 0 Å². The molecule has 1 heterocycles. The van der Waals surface area contributed by atoms with Gasteiger partial charge in [-0.25, -0.2) is 0 Å². The second-order valence-electron chi connectivity index (χ2n) is 7.60. The number of piperidine rings is 1. The molecule has 1 aliphatic rings. The van der Waals surface area contributed by atoms with Crippen LogP contribution in [0.15, 0.2) is 30.3 Å². The maximum absolute atomic E-state index is 12.2. The van der Waals surface area contributed by atoms with Gasteiger partial charge in [-0.2, -0.15) is 0 Å². The molecule has 1 unspecified atom stereocenters. The van der Waals surface area contributed by atoms with Gasteiger partial charge in [-0.1, -0.05) is 58.0 Å². The van der Waals surface area contributed by atoms with Crippen LogP contribution < -0.4 is 5.32 Å². The van der Waals surface area contributed by atoms with Crippen molar-refractivity contribution >= 4 is 5.91 Å². The minimum Gasteiger partial charge on any atom is -0.354 e. The molecule has 1 aliphatic heterocycles. The Balaban J connectivity index is 2.07. The van der Waals surface area contributed by atoms with E-state index in [1.165, 1.54) is 18.4 Å². The van der Waals surface area contributed by atoms with Gasteiger partial charge in [-0.3, -0.25) is 9.69 Å². The van der Waals surface area contributed by atoms with Crippen molar-refractivity contribution in [3.05, 3.63) is 35.9 Å². The maximum atomic E-state index is 12.2. The van der Waals surface area contributed by atoms with E-state index in [4.69, 9.17) is 0 Å². The van der Waals surface area contributed by atoms with E-state index in [9.17, 15) is 4.79 Å². The Morgan fingerprint density at radius 1 is 1.23 bits per heavy atom. The molecule has 1 fully saturated rings. The lowest BCUT2D eigenvalue weighted by Crippen LogP contribution is -2.44. The van der Waals surface area contributed by atoms with Gasteiger partial charge in [0.1, 0.15) is 0 Å². The van der Waals surface area contributed by atoms with Crippen molar-refractivity contribution in [2.45, 2.75) is 46.6 Å². The van der Waals surface area contributed by atoms with Crippen molar-refractivity contribution in [2.75, 3.05) is 19.6 Å². The molecule has 3 nitrogen and oxygen atoms in total. The van der Waals surface area contributed by atoms with E-state index in [0.29, 0.717) is 6.54 Å². The molecule has 1 aromatic carbocycles. The van der Waals surface area contributed by atoms with Crippen molar-refractivity contribution in [3.63, 3.8) is 0 Å². The molecular weight excluding hydrogens is 272 g/mol. The highest BCUT2D eigenvalue weighted by atomic mass is 16.2. The molecule has 0 saturated carbocycles. The number of hydrogen-bond donors (Lipinski definition) is 1. The van der Waals surface area contributed by atoms with E-state index in [-0.39, 0.29) is 17.4 Å². The van der Waals surface area contributed by atoms with Gasteiger partial charge in [-0.15, -0.1) is 0 Å². The molecule has 1 amide bonds. The minimum atomic E-state index is -0.336. The lowest BCUT2D eigenvalue weighted by atomic mass is 9.94. The number of carbonyl (C=O) groups excluding carboxylic acids is 1. The molecular formula is C19H30N2O. The molecule has 1 aromatic rings. The van der Waals surface area contributed by atoms with E-state index in [2.05, 4.69) is 41.4 Å². The van der Waals surface area contributed by atoms with Gasteiger partial charge >= 0.3 is 0 Å². The first-order valence-corrected chi connectivity index (χ1v) is 8.45. The molecule has 2 rings (SSSR count). The Labute approximate surface area is 135 Å². The van der Waals surface area contributed by atoms with Crippen LogP contribution in [0.1, 0.15) is 52.1 Å². The summed E-state index contributed by atoms with van der Waals surface area (Å²) in [5.74, 6) is 0.940. The van der Waals surface area contributed by atoms with E-state index >= 15 is 0 Å². The lowest BCUT2D eigenvalue weighted by Gasteiger charge is -2.37. The summed E-state index contributed by atoms with van der Waals surface area (Å²) in [6, 6.07) is 10.8. The highest BCUT2D eigenvalue weighted by molar-refractivity contribution is 5.81. The van der Waals surface area contributed by atoms with Gasteiger partial charge in [0.15, 0.2) is 0 Å². The van der Waals surface area contributed by atoms with Gasteiger partial charge in [0.05, 0.1) is 6.04 Å². The van der Waals surface area contributed by atoms with Crippen LogP contribution in [-0.2, 0) is 4.79 Å². The van der Waals surface area contributed by atoms with Crippen LogP contribution in [0, 0.1) is 11.3 Å². The molecule has 22 heavy (non-hydrogen) atoms. The van der Waals surface area contributed by atoms with Gasteiger partial charge in [0.25, 0.3) is 0 Å². The van der Waals surface area contributed by atoms with E-state index in [0.717, 1.165) is 19.0 Å². The fourth-order valence-electron chi connectivity index (χ4n) is 2.93. The van der Waals surface area contributed by atoms with Crippen molar-refractivity contribution in [3.8, 4) is 0 Å². The smallest absolute Gasteiger partial charge is 0.225 e. The second kappa shape index (κ2) is 7.28. The van der Waals surface area contributed by atoms with Crippen molar-refractivity contribution < 1.29 is 4.79 Å². The summed E-state index contributed by atoms with van der Waals surface area (Å²) in [5.41, 5.74) is 0.962. The Hall–Kier alpha value is -1.35. The maximum Gasteiger partial charge on any atom is 0.225 e. The number of likely N-dealkylation sites (tertiary alicyclic amines) is 1. The molecule has 1 atom stereocenters. The van der Waals surface area contributed by atoms with Crippen molar-refractivity contribution in [1.29, 1.82) is 0 Å². The Morgan fingerprint density at radius 3 is 2.36 bits per heavy atom. The molecule has 122 valence electrons. The van der Waals surface area contributed by atoms with E-state index in [1.807, 2.05) is 26.8 Å². The average Bonchev–Trinajstić information content (AvgIpc) is 2.49. The van der Waals surface area contributed by atoms with Gasteiger partial charge in [-0.05, 0) is 37.4 Å². The lowest BCUT2D eigenvalue weighted by molar-refractivity contribution is -0.128. The zero-order chi connectivity index (χ0) is 16.2. The SMILES string of the molecule is CC1CCN(C(CNC(=O)C(C)(C)C)c2ccccc2)CC1. The average molecular weight is 302 g/mol. The molecule has 0 spiro atoms. The number of amides is 1. The van der Waals surface area contributed by atoms with Gasteiger partial charge in [0.2, 0.25) is 5.91 Å². The fraction of sp³-hybridized carbons (Fsp3) is 0.632. The third-order valence-corrected chi connectivity index (χ3v) is 4.58. The molecule has 1 saturated heterocycles. The Morgan fingerprint density at radius 2 is 1.82 bits per heavy atom. The summed E-state index contributed by atoms with van der Waals surface area (Å²) in [6.45, 7) is 11.1. The number of hydrogen-bond acceptors (Lipinski definition) is 2. The molecule has 0 aliphatic carbocycles. The highest BCUT2D eigenvalue weighted by Gasteiger charge is 2.27. The summed E-state index contributed by atoms with van der Waals surface area (Å²) < 4.78 is 0. The first kappa shape index (κ1) is 17.0. The first-order chi connectivity index (χ1) is 10.4. The van der Waals surface area contributed by atoms with Gasteiger partial charge in [0, 0.05) is 12.0 Å². The minimum absolute atomic E-state index is 0.124. The molecule has 1 N–H and O–H groups in total. The molecule has 0 radical (unpaired) electrons. The fourth-order valence-corrected chi connectivity index (χ4v) is 2.93. The van der Waals surface area contributed by atoms with Crippen LogP contribution in [0.25, 0.3) is 0 Å². The number of rotatable bonds is 4. The predicted molar refractivity (Wildman–Crippen MR) is 91.6 cm³/mol. The molecule has 3 heteroatoms. The topological polar surface area (TPSA) is 32.3 Å². The third-order valence-electron chi connectivity index (χ3n) is 4.58. The summed E-state index contributed by atoms with van der Waals surface area (Å²) in [6.07, 6.45) is 2.49. The van der Waals surface area contributed by atoms with E-state index in [1.54, 1.807) is 0 Å². The standard InChI is InChI=1S/C19H30N2O/c1-15-10-12-21(13-11-15)17(16-8-6-5-7-9-16)14-20-18(22)19(2,3)4/h5-9,15,17H,10-14H2,1-4H3,(H,20,22). The second-order valence-corrected chi connectivity index (χ2v) is 7.60. The van der Waals surface area contributed by atoms with Crippen LogP contribution in [0.4, 0.5) is 0 Å². The molecule has 0 aromatic heterocycles. The quantitative estimate of drug-likeness (QED) is 0.921. The van der Waals surface area contributed by atoms with Gasteiger partial charge < -0.3 is 5.32 Å². The summed E-state index contributed by atoms with van der Waals surface area (Å²) in [7, 11) is 0.